The number of nitrogens with one attached hydrogen (secondary N) is 2. The fourth-order valence-corrected chi connectivity index (χ4v) is 2.54. The van der Waals surface area contributed by atoms with Crippen molar-refractivity contribution in [3.63, 3.8) is 0 Å². The van der Waals surface area contributed by atoms with Crippen LogP contribution in [0.1, 0.15) is 15.9 Å². The van der Waals surface area contributed by atoms with Gasteiger partial charge < -0.3 is 10.6 Å². The van der Waals surface area contributed by atoms with Crippen molar-refractivity contribution < 1.29 is 4.79 Å². The van der Waals surface area contributed by atoms with E-state index in [1.54, 1.807) is 30.9 Å². The minimum absolute atomic E-state index is 0.203. The van der Waals surface area contributed by atoms with Gasteiger partial charge in [0.1, 0.15) is 0 Å². The maximum Gasteiger partial charge on any atom is 0.257 e. The fourth-order valence-electron chi connectivity index (χ4n) is 2.14. The number of rotatable bonds is 5. The molecule has 0 atom stereocenters. The Morgan fingerprint density at radius 2 is 1.92 bits per heavy atom. The first-order valence-electron chi connectivity index (χ1n) is 7.35. The number of nitrogens with zero attached hydrogens (tertiary/aromatic N) is 2. The normalized spacial score (nSPS) is 10.2. The first-order valence-corrected chi connectivity index (χ1v) is 8.15. The summed E-state index contributed by atoms with van der Waals surface area (Å²) in [5, 5.41) is 6.09. The first kappa shape index (κ1) is 16.1. The van der Waals surface area contributed by atoms with E-state index in [0.29, 0.717) is 12.1 Å². The van der Waals surface area contributed by atoms with E-state index in [1.807, 2.05) is 36.4 Å². The predicted octanol–water partition coefficient (Wildman–Crippen LogP) is 4.10. The van der Waals surface area contributed by atoms with Gasteiger partial charge in [-0.3, -0.25) is 14.8 Å². The van der Waals surface area contributed by atoms with Crippen LogP contribution in [0.5, 0.6) is 0 Å². The molecule has 0 saturated heterocycles. The molecule has 3 aromatic rings. The second-order valence-corrected chi connectivity index (χ2v) is 6.06. The van der Waals surface area contributed by atoms with E-state index in [2.05, 4.69) is 36.5 Å². The molecule has 0 unspecified atom stereocenters. The highest BCUT2D eigenvalue weighted by Gasteiger charge is 2.08. The molecule has 2 aromatic heterocycles. The summed E-state index contributed by atoms with van der Waals surface area (Å²) in [4.78, 5) is 20.5. The monoisotopic (exact) mass is 382 g/mol. The lowest BCUT2D eigenvalue weighted by molar-refractivity contribution is 0.102. The molecule has 2 N–H and O–H groups in total. The maximum atomic E-state index is 12.3. The zero-order chi connectivity index (χ0) is 16.8. The van der Waals surface area contributed by atoms with Crippen LogP contribution in [0.2, 0.25) is 0 Å². The molecule has 0 saturated carbocycles. The third-order valence-corrected chi connectivity index (χ3v) is 3.80. The molecule has 1 amide bonds. The van der Waals surface area contributed by atoms with Gasteiger partial charge in [-0.05, 0) is 35.9 Å². The topological polar surface area (TPSA) is 66.9 Å². The van der Waals surface area contributed by atoms with E-state index in [9.17, 15) is 4.79 Å². The van der Waals surface area contributed by atoms with Gasteiger partial charge in [0.2, 0.25) is 0 Å². The zero-order valence-corrected chi connectivity index (χ0v) is 14.3. The van der Waals surface area contributed by atoms with Crippen molar-refractivity contribution >= 4 is 33.2 Å². The lowest BCUT2D eigenvalue weighted by Gasteiger charge is -2.09. The molecular weight excluding hydrogens is 368 g/mol. The molecule has 0 radical (unpaired) electrons. The molecule has 3 rings (SSSR count). The summed E-state index contributed by atoms with van der Waals surface area (Å²) in [5.41, 5.74) is 3.05. The van der Waals surface area contributed by atoms with Gasteiger partial charge in [-0.25, -0.2) is 0 Å². The van der Waals surface area contributed by atoms with E-state index < -0.39 is 0 Å². The Morgan fingerprint density at radius 3 is 2.71 bits per heavy atom. The van der Waals surface area contributed by atoms with Crippen LogP contribution in [0.4, 0.5) is 11.4 Å². The largest absolute Gasteiger partial charge is 0.380 e. The molecule has 24 heavy (non-hydrogen) atoms. The van der Waals surface area contributed by atoms with Crippen LogP contribution in [0.3, 0.4) is 0 Å². The van der Waals surface area contributed by atoms with E-state index in [-0.39, 0.29) is 5.91 Å². The number of carbonyl (C=O) groups is 1. The highest BCUT2D eigenvalue weighted by molar-refractivity contribution is 9.10. The Balaban J connectivity index is 1.67. The van der Waals surface area contributed by atoms with Crippen molar-refractivity contribution in [3.05, 3.63) is 82.9 Å². The molecule has 6 heteroatoms. The molecular formula is C18H15BrN4O. The van der Waals surface area contributed by atoms with Crippen molar-refractivity contribution in [2.45, 2.75) is 6.54 Å². The van der Waals surface area contributed by atoms with Crippen LogP contribution >= 0.6 is 15.9 Å². The van der Waals surface area contributed by atoms with E-state index in [0.717, 1.165) is 21.4 Å². The summed E-state index contributed by atoms with van der Waals surface area (Å²) in [6, 6.07) is 13.1. The van der Waals surface area contributed by atoms with Gasteiger partial charge >= 0.3 is 0 Å². The fraction of sp³-hybridized carbons (Fsp3) is 0.0556. The van der Waals surface area contributed by atoms with E-state index in [4.69, 9.17) is 0 Å². The van der Waals surface area contributed by atoms with Gasteiger partial charge in [-0.2, -0.15) is 0 Å². The number of hydrogen-bond acceptors (Lipinski definition) is 4. The molecule has 0 aliphatic rings. The SMILES string of the molecule is O=C(Nc1cccc(Br)c1)c1cncc(NCc2cccnc2)c1. The van der Waals surface area contributed by atoms with Gasteiger partial charge in [0.05, 0.1) is 11.3 Å². The van der Waals surface area contributed by atoms with Crippen molar-refractivity contribution in [1.29, 1.82) is 0 Å². The van der Waals surface area contributed by atoms with Crippen LogP contribution < -0.4 is 10.6 Å². The molecule has 1 aromatic carbocycles. The summed E-state index contributed by atoms with van der Waals surface area (Å²) in [5.74, 6) is -0.203. The quantitative estimate of drug-likeness (QED) is 0.696. The Kier molecular flexibility index (Phi) is 5.18. The molecule has 0 spiro atoms. The standard InChI is InChI=1S/C18H15BrN4O/c19-15-4-1-5-16(8-15)23-18(24)14-7-17(12-21-11-14)22-10-13-3-2-6-20-9-13/h1-9,11-12,22H,10H2,(H,23,24). The number of amides is 1. The third kappa shape index (κ3) is 4.39. The van der Waals surface area contributed by atoms with Crippen LogP contribution in [-0.4, -0.2) is 15.9 Å². The first-order chi connectivity index (χ1) is 11.7. The van der Waals surface area contributed by atoms with Gasteiger partial charge in [0.25, 0.3) is 5.91 Å². The lowest BCUT2D eigenvalue weighted by Crippen LogP contribution is -2.12. The van der Waals surface area contributed by atoms with Gasteiger partial charge in [0, 0.05) is 41.5 Å². The Hall–Kier alpha value is -2.73. The molecule has 0 fully saturated rings. The van der Waals surface area contributed by atoms with E-state index >= 15 is 0 Å². The van der Waals surface area contributed by atoms with Crippen LogP contribution in [-0.2, 0) is 6.54 Å². The Labute approximate surface area is 148 Å². The number of hydrogen-bond donors (Lipinski definition) is 2. The summed E-state index contributed by atoms with van der Waals surface area (Å²) in [7, 11) is 0. The average molecular weight is 383 g/mol. The smallest absolute Gasteiger partial charge is 0.257 e. The number of anilines is 2. The minimum atomic E-state index is -0.203. The number of halogens is 1. The van der Waals surface area contributed by atoms with Crippen LogP contribution in [0, 0.1) is 0 Å². The summed E-state index contributed by atoms with van der Waals surface area (Å²) in [6.07, 6.45) is 6.76. The van der Waals surface area contributed by atoms with Crippen LogP contribution in [0.25, 0.3) is 0 Å². The number of aromatic nitrogens is 2. The zero-order valence-electron chi connectivity index (χ0n) is 12.7. The summed E-state index contributed by atoms with van der Waals surface area (Å²) >= 11 is 3.38. The minimum Gasteiger partial charge on any atom is -0.380 e. The second kappa shape index (κ2) is 7.70. The molecule has 0 aliphatic carbocycles. The van der Waals surface area contributed by atoms with E-state index in [1.165, 1.54) is 0 Å². The van der Waals surface area contributed by atoms with Crippen molar-refractivity contribution in [1.82, 2.24) is 9.97 Å². The average Bonchev–Trinajstić information content (AvgIpc) is 2.61. The van der Waals surface area contributed by atoms with Crippen molar-refractivity contribution in [2.24, 2.45) is 0 Å². The number of pyridine rings is 2. The van der Waals surface area contributed by atoms with Gasteiger partial charge in [-0.1, -0.05) is 28.1 Å². The molecule has 0 bridgehead atoms. The third-order valence-electron chi connectivity index (χ3n) is 3.30. The van der Waals surface area contributed by atoms with Gasteiger partial charge in [-0.15, -0.1) is 0 Å². The Bertz CT molecular complexity index is 839. The molecule has 2 heterocycles. The van der Waals surface area contributed by atoms with Gasteiger partial charge in [0.15, 0.2) is 0 Å². The Morgan fingerprint density at radius 1 is 1.00 bits per heavy atom. The summed E-state index contributed by atoms with van der Waals surface area (Å²) in [6.45, 7) is 0.617. The lowest BCUT2D eigenvalue weighted by atomic mass is 10.2. The second-order valence-electron chi connectivity index (χ2n) is 5.14. The molecule has 5 nitrogen and oxygen atoms in total. The predicted molar refractivity (Wildman–Crippen MR) is 97.9 cm³/mol. The van der Waals surface area contributed by atoms with Crippen molar-refractivity contribution in [2.75, 3.05) is 10.6 Å². The maximum absolute atomic E-state index is 12.3. The highest BCUT2D eigenvalue weighted by Crippen LogP contribution is 2.17. The number of carbonyl (C=O) groups excluding carboxylic acids is 1. The molecule has 0 aliphatic heterocycles. The molecule has 120 valence electrons. The summed E-state index contributed by atoms with van der Waals surface area (Å²) < 4.78 is 0.908. The highest BCUT2D eigenvalue weighted by atomic mass is 79.9. The van der Waals surface area contributed by atoms with Crippen LogP contribution in [0.15, 0.2) is 71.7 Å². The van der Waals surface area contributed by atoms with Crippen molar-refractivity contribution in [3.8, 4) is 0 Å². The number of benzene rings is 1.